The molecular formula is C17H24N2O2. The summed E-state index contributed by atoms with van der Waals surface area (Å²) < 4.78 is 5.31. The van der Waals surface area contributed by atoms with E-state index in [1.165, 1.54) is 5.56 Å². The molecule has 0 unspecified atom stereocenters. The molecule has 0 bridgehead atoms. The van der Waals surface area contributed by atoms with Crippen molar-refractivity contribution >= 4 is 16.8 Å². The van der Waals surface area contributed by atoms with Crippen LogP contribution in [0.3, 0.4) is 0 Å². The number of carbonyl (C=O) groups excluding carboxylic acids is 1. The van der Waals surface area contributed by atoms with Gasteiger partial charge in [0.2, 0.25) is 5.91 Å². The maximum Gasteiger partial charge on any atom is 0.222 e. The van der Waals surface area contributed by atoms with E-state index in [4.69, 9.17) is 4.74 Å². The summed E-state index contributed by atoms with van der Waals surface area (Å²) in [6, 6.07) is 5.99. The molecule has 1 aromatic heterocycles. The van der Waals surface area contributed by atoms with Gasteiger partial charge in [0, 0.05) is 35.0 Å². The smallest absolute Gasteiger partial charge is 0.222 e. The zero-order valence-electron chi connectivity index (χ0n) is 13.4. The third-order valence-corrected chi connectivity index (χ3v) is 3.85. The molecule has 0 aliphatic rings. The highest BCUT2D eigenvalue weighted by atomic mass is 16.5. The number of hydrogen-bond acceptors (Lipinski definition) is 2. The normalized spacial score (nSPS) is 11.9. The van der Waals surface area contributed by atoms with E-state index in [2.05, 4.69) is 24.1 Å². The zero-order valence-corrected chi connectivity index (χ0v) is 13.4. The van der Waals surface area contributed by atoms with Gasteiger partial charge in [-0.25, -0.2) is 0 Å². The van der Waals surface area contributed by atoms with Crippen LogP contribution in [-0.4, -0.2) is 24.5 Å². The van der Waals surface area contributed by atoms with Gasteiger partial charge >= 0.3 is 0 Å². The molecule has 0 aliphatic heterocycles. The highest BCUT2D eigenvalue weighted by Crippen LogP contribution is 2.32. The number of fused-ring (bicyclic) bond motifs is 1. The summed E-state index contributed by atoms with van der Waals surface area (Å²) in [6.45, 7) is 8.68. The maximum absolute atomic E-state index is 11.8. The zero-order chi connectivity index (χ0) is 15.6. The number of nitrogens with one attached hydrogen (secondary N) is 2. The largest absolute Gasteiger partial charge is 0.497 e. The molecule has 21 heavy (non-hydrogen) atoms. The molecule has 0 saturated carbocycles. The van der Waals surface area contributed by atoms with E-state index in [0.29, 0.717) is 6.54 Å². The minimum absolute atomic E-state index is 0.00358. The topological polar surface area (TPSA) is 54.1 Å². The van der Waals surface area contributed by atoms with Crippen LogP contribution in [0.1, 0.15) is 33.3 Å². The third-order valence-electron chi connectivity index (χ3n) is 3.85. The Bertz CT molecular complexity index is 641. The molecule has 2 rings (SSSR count). The van der Waals surface area contributed by atoms with Crippen molar-refractivity contribution in [3.63, 3.8) is 0 Å². The summed E-state index contributed by atoms with van der Waals surface area (Å²) in [7, 11) is 1.67. The standard InChI is InChI=1S/C17H24N2O2/c1-11(2)16(20)19-10-17(3,4)14-9-18-15-7-6-12(21-5)8-13(14)15/h6-9,11,18H,10H2,1-5H3,(H,19,20). The molecule has 1 aromatic carbocycles. The van der Waals surface area contributed by atoms with Crippen molar-refractivity contribution in [2.24, 2.45) is 5.92 Å². The van der Waals surface area contributed by atoms with Gasteiger partial charge in [0.25, 0.3) is 0 Å². The second-order valence-corrected chi connectivity index (χ2v) is 6.37. The summed E-state index contributed by atoms with van der Waals surface area (Å²) >= 11 is 0. The Morgan fingerprint density at radius 1 is 1.38 bits per heavy atom. The van der Waals surface area contributed by atoms with Gasteiger partial charge in [0.1, 0.15) is 5.75 Å². The number of aromatic amines is 1. The van der Waals surface area contributed by atoms with Gasteiger partial charge in [-0.05, 0) is 23.8 Å². The number of rotatable bonds is 5. The second kappa shape index (κ2) is 5.80. The fraction of sp³-hybridized carbons (Fsp3) is 0.471. The summed E-state index contributed by atoms with van der Waals surface area (Å²) in [5.74, 6) is 0.926. The van der Waals surface area contributed by atoms with E-state index in [1.54, 1.807) is 7.11 Å². The van der Waals surface area contributed by atoms with E-state index >= 15 is 0 Å². The van der Waals surface area contributed by atoms with Crippen LogP contribution in [0.15, 0.2) is 24.4 Å². The fourth-order valence-corrected chi connectivity index (χ4v) is 2.39. The Morgan fingerprint density at radius 3 is 2.71 bits per heavy atom. The Hall–Kier alpha value is -1.97. The second-order valence-electron chi connectivity index (χ2n) is 6.37. The molecule has 4 heteroatoms. The van der Waals surface area contributed by atoms with Crippen LogP contribution in [0.4, 0.5) is 0 Å². The van der Waals surface area contributed by atoms with Gasteiger partial charge in [0.15, 0.2) is 0 Å². The Morgan fingerprint density at radius 2 is 2.10 bits per heavy atom. The van der Waals surface area contributed by atoms with Crippen molar-refractivity contribution in [2.45, 2.75) is 33.1 Å². The summed E-state index contributed by atoms with van der Waals surface area (Å²) in [5, 5.41) is 4.16. The molecule has 0 aliphatic carbocycles. The molecule has 4 nitrogen and oxygen atoms in total. The number of benzene rings is 1. The summed E-state index contributed by atoms with van der Waals surface area (Å²) in [5.41, 5.74) is 2.10. The lowest BCUT2D eigenvalue weighted by Gasteiger charge is -2.25. The quantitative estimate of drug-likeness (QED) is 0.887. The molecule has 0 saturated heterocycles. The van der Waals surface area contributed by atoms with Crippen LogP contribution in [0, 0.1) is 5.92 Å². The average Bonchev–Trinajstić information content (AvgIpc) is 2.88. The Kier molecular flexibility index (Phi) is 4.26. The first-order valence-electron chi connectivity index (χ1n) is 7.28. The fourth-order valence-electron chi connectivity index (χ4n) is 2.39. The first-order valence-corrected chi connectivity index (χ1v) is 7.28. The number of H-pyrrole nitrogens is 1. The van der Waals surface area contributed by atoms with Crippen molar-refractivity contribution in [1.82, 2.24) is 10.3 Å². The Labute approximate surface area is 125 Å². The van der Waals surface area contributed by atoms with Gasteiger partial charge < -0.3 is 15.0 Å². The van der Waals surface area contributed by atoms with Crippen molar-refractivity contribution in [3.8, 4) is 5.75 Å². The highest BCUT2D eigenvalue weighted by Gasteiger charge is 2.25. The van der Waals surface area contributed by atoms with Gasteiger partial charge in [-0.2, -0.15) is 0 Å². The molecular weight excluding hydrogens is 264 g/mol. The predicted octanol–water partition coefficient (Wildman–Crippen LogP) is 3.23. The first-order chi connectivity index (χ1) is 9.85. The van der Waals surface area contributed by atoms with E-state index in [1.807, 2.05) is 38.2 Å². The highest BCUT2D eigenvalue weighted by molar-refractivity contribution is 5.86. The van der Waals surface area contributed by atoms with E-state index in [9.17, 15) is 4.79 Å². The average molecular weight is 288 g/mol. The summed E-state index contributed by atoms with van der Waals surface area (Å²) in [4.78, 5) is 15.1. The maximum atomic E-state index is 11.8. The molecule has 1 heterocycles. The van der Waals surface area contributed by atoms with Crippen LogP contribution in [0.5, 0.6) is 5.75 Å². The lowest BCUT2D eigenvalue weighted by atomic mass is 9.84. The minimum atomic E-state index is -0.158. The molecule has 0 spiro atoms. The number of carbonyl (C=O) groups is 1. The van der Waals surface area contributed by atoms with Crippen LogP contribution in [0.2, 0.25) is 0 Å². The van der Waals surface area contributed by atoms with Crippen LogP contribution >= 0.6 is 0 Å². The van der Waals surface area contributed by atoms with Crippen molar-refractivity contribution in [2.75, 3.05) is 13.7 Å². The molecule has 2 N–H and O–H groups in total. The Balaban J connectivity index is 2.29. The molecule has 1 amide bonds. The summed E-state index contributed by atoms with van der Waals surface area (Å²) in [6.07, 6.45) is 2.02. The lowest BCUT2D eigenvalue weighted by Crippen LogP contribution is -2.38. The van der Waals surface area contributed by atoms with E-state index < -0.39 is 0 Å². The monoisotopic (exact) mass is 288 g/mol. The van der Waals surface area contributed by atoms with E-state index in [-0.39, 0.29) is 17.2 Å². The van der Waals surface area contributed by atoms with Gasteiger partial charge in [-0.1, -0.05) is 27.7 Å². The molecule has 0 fully saturated rings. The third kappa shape index (κ3) is 3.20. The van der Waals surface area contributed by atoms with Crippen molar-refractivity contribution in [3.05, 3.63) is 30.0 Å². The molecule has 114 valence electrons. The molecule has 2 aromatic rings. The molecule has 0 atom stereocenters. The number of amides is 1. The van der Waals surface area contributed by atoms with Crippen LogP contribution < -0.4 is 10.1 Å². The first kappa shape index (κ1) is 15.4. The van der Waals surface area contributed by atoms with Crippen LogP contribution in [0.25, 0.3) is 10.9 Å². The number of ether oxygens (including phenoxy) is 1. The number of hydrogen-bond donors (Lipinski definition) is 2. The van der Waals surface area contributed by atoms with Gasteiger partial charge in [-0.15, -0.1) is 0 Å². The van der Waals surface area contributed by atoms with Crippen molar-refractivity contribution < 1.29 is 9.53 Å². The number of methoxy groups -OCH3 is 1. The SMILES string of the molecule is COc1ccc2[nH]cc(C(C)(C)CNC(=O)C(C)C)c2c1. The minimum Gasteiger partial charge on any atom is -0.497 e. The van der Waals surface area contributed by atoms with Crippen LogP contribution in [-0.2, 0) is 10.2 Å². The van der Waals surface area contributed by atoms with Gasteiger partial charge in [0.05, 0.1) is 7.11 Å². The van der Waals surface area contributed by atoms with Gasteiger partial charge in [-0.3, -0.25) is 4.79 Å². The van der Waals surface area contributed by atoms with E-state index in [0.717, 1.165) is 16.7 Å². The predicted molar refractivity (Wildman–Crippen MR) is 85.7 cm³/mol. The molecule has 0 radical (unpaired) electrons. The number of aromatic nitrogens is 1. The lowest BCUT2D eigenvalue weighted by molar-refractivity contribution is -0.124. The van der Waals surface area contributed by atoms with Crippen molar-refractivity contribution in [1.29, 1.82) is 0 Å².